The molecule has 2 heterocycles. The van der Waals surface area contributed by atoms with E-state index in [0.717, 1.165) is 6.42 Å². The van der Waals surface area contributed by atoms with Crippen molar-refractivity contribution in [1.29, 1.82) is 0 Å². The second-order valence-electron chi connectivity index (χ2n) is 7.43. The van der Waals surface area contributed by atoms with Gasteiger partial charge in [-0.1, -0.05) is 25.4 Å². The fourth-order valence-corrected chi connectivity index (χ4v) is 5.50. The van der Waals surface area contributed by atoms with Crippen LogP contribution < -0.4 is 10.1 Å². The number of nitrogens with one attached hydrogen (secondary N) is 1. The second kappa shape index (κ2) is 7.67. The van der Waals surface area contributed by atoms with Gasteiger partial charge in [0.15, 0.2) is 16.4 Å². The normalized spacial score (nSPS) is 22.6. The molecule has 0 aliphatic carbocycles. The zero-order valence-corrected chi connectivity index (χ0v) is 16.9. The third-order valence-corrected chi connectivity index (χ3v) is 6.98. The van der Waals surface area contributed by atoms with Gasteiger partial charge in [-0.15, -0.1) is 0 Å². The number of hydrogen-bond donors (Lipinski definition) is 1. The number of hydrogen-bond acceptors (Lipinski definition) is 5. The van der Waals surface area contributed by atoms with E-state index in [2.05, 4.69) is 19.2 Å². The van der Waals surface area contributed by atoms with Crippen molar-refractivity contribution < 1.29 is 22.7 Å². The van der Waals surface area contributed by atoms with Crippen LogP contribution in [0.25, 0.3) is 0 Å². The van der Waals surface area contributed by atoms with E-state index in [9.17, 15) is 18.0 Å². The lowest BCUT2D eigenvalue weighted by molar-refractivity contribution is -0.133. The van der Waals surface area contributed by atoms with Crippen molar-refractivity contribution in [3.05, 3.63) is 17.2 Å². The van der Waals surface area contributed by atoms with Crippen molar-refractivity contribution in [2.45, 2.75) is 31.6 Å². The molecular formula is C18H23ClN2O5S. The van der Waals surface area contributed by atoms with Crippen LogP contribution in [-0.2, 0) is 19.4 Å². The van der Waals surface area contributed by atoms with Gasteiger partial charge in [-0.25, -0.2) is 8.42 Å². The van der Waals surface area contributed by atoms with Crippen molar-refractivity contribution in [3.8, 4) is 5.75 Å². The minimum atomic E-state index is -3.77. The molecule has 1 aromatic carbocycles. The molecule has 2 aliphatic heterocycles. The van der Waals surface area contributed by atoms with Crippen LogP contribution >= 0.6 is 11.6 Å². The largest absolute Gasteiger partial charge is 0.482 e. The van der Waals surface area contributed by atoms with Crippen LogP contribution in [0.1, 0.15) is 26.7 Å². The summed E-state index contributed by atoms with van der Waals surface area (Å²) in [6.07, 6.45) is 0.982. The average molecular weight is 415 g/mol. The predicted octanol–water partition coefficient (Wildman–Crippen LogP) is 2.34. The summed E-state index contributed by atoms with van der Waals surface area (Å²) in [5.74, 6) is 0.270. The Hall–Kier alpha value is -1.80. The van der Waals surface area contributed by atoms with E-state index in [1.807, 2.05) is 0 Å². The maximum absolute atomic E-state index is 12.7. The van der Waals surface area contributed by atoms with Gasteiger partial charge in [0.1, 0.15) is 5.75 Å². The molecule has 1 N–H and O–H groups in total. The van der Waals surface area contributed by atoms with E-state index in [-0.39, 0.29) is 46.3 Å². The number of piperidine rings is 1. The van der Waals surface area contributed by atoms with E-state index in [1.54, 1.807) is 4.90 Å². The standard InChI is InChI=1S/C18H23ClN2O5S/c1-11-5-12(2)9-21(8-11)18(23)3-4-27(24,25)16-7-15-14(6-13(16)19)20-17(22)10-26-15/h6-7,11-12H,3-5,8-10H2,1-2H3,(H,20,22). The molecule has 9 heteroatoms. The van der Waals surface area contributed by atoms with Gasteiger partial charge in [-0.2, -0.15) is 0 Å². The number of benzene rings is 1. The highest BCUT2D eigenvalue weighted by Gasteiger charge is 2.28. The lowest BCUT2D eigenvalue weighted by Crippen LogP contribution is -2.43. The van der Waals surface area contributed by atoms with Crippen LogP contribution in [0.4, 0.5) is 5.69 Å². The zero-order valence-electron chi connectivity index (χ0n) is 15.3. The Labute approximate surface area is 163 Å². The highest BCUT2D eigenvalue weighted by atomic mass is 35.5. The Balaban J connectivity index is 1.72. The Morgan fingerprint density at radius 2 is 1.96 bits per heavy atom. The maximum Gasteiger partial charge on any atom is 0.262 e. The van der Waals surface area contributed by atoms with Crippen LogP contribution in [-0.4, -0.2) is 50.6 Å². The Morgan fingerprint density at radius 3 is 2.63 bits per heavy atom. The summed E-state index contributed by atoms with van der Waals surface area (Å²) in [5.41, 5.74) is 0.336. The molecule has 27 heavy (non-hydrogen) atoms. The minimum Gasteiger partial charge on any atom is -0.482 e. The molecule has 0 saturated carbocycles. The first-order valence-electron chi connectivity index (χ1n) is 8.92. The summed E-state index contributed by atoms with van der Waals surface area (Å²) in [7, 11) is -3.77. The number of halogens is 1. The molecule has 2 unspecified atom stereocenters. The van der Waals surface area contributed by atoms with Crippen LogP contribution in [0, 0.1) is 11.8 Å². The molecule has 148 valence electrons. The van der Waals surface area contributed by atoms with Crippen LogP contribution in [0.15, 0.2) is 17.0 Å². The number of likely N-dealkylation sites (tertiary alicyclic amines) is 1. The Morgan fingerprint density at radius 1 is 1.30 bits per heavy atom. The number of nitrogens with zero attached hydrogens (tertiary/aromatic N) is 1. The van der Waals surface area contributed by atoms with Gasteiger partial charge in [0.05, 0.1) is 21.4 Å². The van der Waals surface area contributed by atoms with Gasteiger partial charge in [0.25, 0.3) is 5.91 Å². The zero-order chi connectivity index (χ0) is 19.8. The molecule has 0 bridgehead atoms. The summed E-state index contributed by atoms with van der Waals surface area (Å²) in [6.45, 7) is 5.33. The first-order valence-corrected chi connectivity index (χ1v) is 11.0. The molecular weight excluding hydrogens is 392 g/mol. The fourth-order valence-electron chi connectivity index (χ4n) is 3.68. The van der Waals surface area contributed by atoms with E-state index in [0.29, 0.717) is 30.6 Å². The summed E-state index contributed by atoms with van der Waals surface area (Å²) in [6, 6.07) is 2.67. The van der Waals surface area contributed by atoms with Crippen LogP contribution in [0.5, 0.6) is 5.75 Å². The second-order valence-corrected chi connectivity index (χ2v) is 9.91. The maximum atomic E-state index is 12.7. The molecule has 3 rings (SSSR count). The number of amides is 2. The molecule has 2 atom stereocenters. The van der Waals surface area contributed by atoms with Crippen molar-refractivity contribution >= 4 is 38.9 Å². The molecule has 2 aliphatic rings. The predicted molar refractivity (Wildman–Crippen MR) is 102 cm³/mol. The monoisotopic (exact) mass is 414 g/mol. The molecule has 1 aromatic rings. The first-order chi connectivity index (χ1) is 12.7. The molecule has 1 fully saturated rings. The van der Waals surface area contributed by atoms with E-state index >= 15 is 0 Å². The fraction of sp³-hybridized carbons (Fsp3) is 0.556. The van der Waals surface area contributed by atoms with Crippen molar-refractivity contribution in [3.63, 3.8) is 0 Å². The third-order valence-electron chi connectivity index (χ3n) is 4.81. The number of fused-ring (bicyclic) bond motifs is 1. The van der Waals surface area contributed by atoms with Gasteiger partial charge in [0, 0.05) is 25.6 Å². The SMILES string of the molecule is CC1CC(C)CN(C(=O)CCS(=O)(=O)c2cc3c(cc2Cl)NC(=O)CO3)C1. The smallest absolute Gasteiger partial charge is 0.262 e. The minimum absolute atomic E-state index is 0.00721. The number of ether oxygens (including phenoxy) is 1. The van der Waals surface area contributed by atoms with Crippen molar-refractivity contribution in [2.24, 2.45) is 11.8 Å². The van der Waals surface area contributed by atoms with Gasteiger partial charge >= 0.3 is 0 Å². The summed E-state index contributed by atoms with van der Waals surface area (Å²) >= 11 is 6.11. The molecule has 2 amide bonds. The Bertz CT molecular complexity index is 861. The van der Waals surface area contributed by atoms with Gasteiger partial charge < -0.3 is 15.0 Å². The van der Waals surface area contributed by atoms with Gasteiger partial charge in [0.2, 0.25) is 5.91 Å². The van der Waals surface area contributed by atoms with E-state index in [1.165, 1.54) is 12.1 Å². The highest BCUT2D eigenvalue weighted by Crippen LogP contribution is 2.36. The topological polar surface area (TPSA) is 92.8 Å². The van der Waals surface area contributed by atoms with Crippen molar-refractivity contribution in [1.82, 2.24) is 4.90 Å². The van der Waals surface area contributed by atoms with Gasteiger partial charge in [-0.05, 0) is 24.3 Å². The van der Waals surface area contributed by atoms with Crippen LogP contribution in [0.3, 0.4) is 0 Å². The lowest BCUT2D eigenvalue weighted by Gasteiger charge is -2.35. The van der Waals surface area contributed by atoms with Crippen molar-refractivity contribution in [2.75, 3.05) is 30.8 Å². The summed E-state index contributed by atoms with van der Waals surface area (Å²) in [5, 5.41) is 2.57. The molecule has 0 radical (unpaired) electrons. The summed E-state index contributed by atoms with van der Waals surface area (Å²) < 4.78 is 30.7. The quantitative estimate of drug-likeness (QED) is 0.816. The molecule has 7 nitrogen and oxygen atoms in total. The number of anilines is 1. The number of sulfone groups is 1. The number of carbonyl (C=O) groups is 2. The van der Waals surface area contributed by atoms with E-state index < -0.39 is 9.84 Å². The number of rotatable bonds is 4. The number of carbonyl (C=O) groups excluding carboxylic acids is 2. The first kappa shape index (κ1) is 19.9. The lowest BCUT2D eigenvalue weighted by atomic mass is 9.92. The molecule has 0 aromatic heterocycles. The van der Waals surface area contributed by atoms with E-state index in [4.69, 9.17) is 16.3 Å². The molecule has 1 saturated heterocycles. The van der Waals surface area contributed by atoms with Gasteiger partial charge in [-0.3, -0.25) is 9.59 Å². The Kier molecular flexibility index (Phi) is 5.67. The average Bonchev–Trinajstić information content (AvgIpc) is 2.58. The molecule has 0 spiro atoms. The van der Waals surface area contributed by atoms with Crippen LogP contribution in [0.2, 0.25) is 5.02 Å². The summed E-state index contributed by atoms with van der Waals surface area (Å²) in [4.78, 5) is 25.5. The highest BCUT2D eigenvalue weighted by molar-refractivity contribution is 7.91. The third kappa shape index (κ3) is 4.55.